The Kier molecular flexibility index (Phi) is 7.18. The van der Waals surface area contributed by atoms with E-state index in [0.717, 1.165) is 11.1 Å². The fraction of sp³-hybridized carbons (Fsp3) is 0.111. The molecule has 1 aliphatic rings. The number of nitrogens with one attached hydrogen (secondary N) is 1. The summed E-state index contributed by atoms with van der Waals surface area (Å²) in [7, 11) is 0. The number of carbonyl (C=O) groups is 2. The summed E-state index contributed by atoms with van der Waals surface area (Å²) in [5, 5.41) is 2.80. The van der Waals surface area contributed by atoms with Crippen molar-refractivity contribution in [3.8, 4) is 11.5 Å². The molecule has 6 heteroatoms. The third-order valence-corrected chi connectivity index (χ3v) is 4.93. The lowest BCUT2D eigenvalue weighted by atomic mass is 10.1. The molecule has 166 valence electrons. The molecule has 0 aliphatic carbocycles. The van der Waals surface area contributed by atoms with Gasteiger partial charge in [-0.05, 0) is 41.0 Å². The van der Waals surface area contributed by atoms with Crippen LogP contribution < -0.4 is 14.8 Å². The Balaban J connectivity index is 1.44. The standard InChI is InChI=1S/C27H23NO5/c29-26(15-11-20-7-3-1-4-8-20)28-18-25(22-13-14-23-24(17-22)32-19-31-23)33-27(30)16-12-21-9-5-2-6-10-21/h1-17,25H,18-19H2,(H,28,29)/b15-11+,16-12+. The SMILES string of the molecule is O=C(/C=C/c1ccccc1)NCC(OC(=O)/C=C/c1ccccc1)c1ccc2c(c1)OCO2. The van der Waals surface area contributed by atoms with Crippen LogP contribution in [0.15, 0.2) is 91.0 Å². The summed E-state index contributed by atoms with van der Waals surface area (Å²) in [6.45, 7) is 0.243. The summed E-state index contributed by atoms with van der Waals surface area (Å²) in [5.41, 5.74) is 2.49. The number of carbonyl (C=O) groups excluding carboxylic acids is 2. The van der Waals surface area contributed by atoms with Crippen molar-refractivity contribution in [3.05, 3.63) is 108 Å². The van der Waals surface area contributed by atoms with Gasteiger partial charge in [-0.2, -0.15) is 0 Å². The molecule has 1 aliphatic heterocycles. The molecule has 1 amide bonds. The molecule has 0 aromatic heterocycles. The largest absolute Gasteiger partial charge is 0.454 e. The van der Waals surface area contributed by atoms with Crippen molar-refractivity contribution in [2.75, 3.05) is 13.3 Å². The minimum Gasteiger partial charge on any atom is -0.454 e. The highest BCUT2D eigenvalue weighted by atomic mass is 16.7. The number of rotatable bonds is 8. The molecule has 0 radical (unpaired) electrons. The van der Waals surface area contributed by atoms with Crippen molar-refractivity contribution in [2.45, 2.75) is 6.10 Å². The monoisotopic (exact) mass is 441 g/mol. The quantitative estimate of drug-likeness (QED) is 0.410. The predicted octanol–water partition coefficient (Wildman–Crippen LogP) is 4.54. The van der Waals surface area contributed by atoms with Gasteiger partial charge >= 0.3 is 5.97 Å². The third kappa shape index (κ3) is 6.33. The summed E-state index contributed by atoms with van der Waals surface area (Å²) in [5.74, 6) is 0.391. The first-order valence-corrected chi connectivity index (χ1v) is 10.5. The van der Waals surface area contributed by atoms with E-state index in [1.165, 1.54) is 12.2 Å². The minimum absolute atomic E-state index is 0.0997. The molecule has 1 heterocycles. The highest BCUT2D eigenvalue weighted by Crippen LogP contribution is 2.35. The molecule has 3 aromatic rings. The molecule has 4 rings (SSSR count). The van der Waals surface area contributed by atoms with Crippen LogP contribution in [0.2, 0.25) is 0 Å². The van der Waals surface area contributed by atoms with Gasteiger partial charge in [-0.3, -0.25) is 4.79 Å². The lowest BCUT2D eigenvalue weighted by molar-refractivity contribution is -0.143. The number of ether oxygens (including phenoxy) is 3. The molecule has 3 aromatic carbocycles. The average molecular weight is 441 g/mol. The molecule has 33 heavy (non-hydrogen) atoms. The van der Waals surface area contributed by atoms with Gasteiger partial charge in [0.2, 0.25) is 12.7 Å². The second kappa shape index (κ2) is 10.8. The number of amides is 1. The molecule has 0 spiro atoms. The zero-order valence-electron chi connectivity index (χ0n) is 17.8. The Morgan fingerprint density at radius 2 is 1.48 bits per heavy atom. The van der Waals surface area contributed by atoms with Crippen molar-refractivity contribution in [2.24, 2.45) is 0 Å². The number of hydrogen-bond donors (Lipinski definition) is 1. The van der Waals surface area contributed by atoms with E-state index in [1.54, 1.807) is 30.4 Å². The summed E-state index contributed by atoms with van der Waals surface area (Å²) in [6, 6.07) is 24.3. The van der Waals surface area contributed by atoms with Gasteiger partial charge in [-0.15, -0.1) is 0 Å². The van der Waals surface area contributed by atoms with Crippen LogP contribution in [0.3, 0.4) is 0 Å². The smallest absolute Gasteiger partial charge is 0.331 e. The molecule has 0 saturated heterocycles. The van der Waals surface area contributed by atoms with Crippen LogP contribution in [0.5, 0.6) is 11.5 Å². The van der Waals surface area contributed by atoms with Crippen molar-refractivity contribution in [1.82, 2.24) is 5.32 Å². The molecule has 1 N–H and O–H groups in total. The van der Waals surface area contributed by atoms with Crippen molar-refractivity contribution in [1.29, 1.82) is 0 Å². The molecule has 0 fully saturated rings. The van der Waals surface area contributed by atoms with Crippen LogP contribution in [-0.2, 0) is 14.3 Å². The lowest BCUT2D eigenvalue weighted by Gasteiger charge is -2.18. The molecule has 0 saturated carbocycles. The molecule has 0 bridgehead atoms. The first kappa shape index (κ1) is 21.9. The van der Waals surface area contributed by atoms with Crippen LogP contribution in [-0.4, -0.2) is 25.2 Å². The summed E-state index contributed by atoms with van der Waals surface area (Å²) >= 11 is 0. The van der Waals surface area contributed by atoms with Crippen molar-refractivity contribution in [3.63, 3.8) is 0 Å². The van der Waals surface area contributed by atoms with E-state index in [0.29, 0.717) is 17.1 Å². The maximum absolute atomic E-state index is 12.5. The van der Waals surface area contributed by atoms with Gasteiger partial charge in [0, 0.05) is 12.2 Å². The topological polar surface area (TPSA) is 73.9 Å². The van der Waals surface area contributed by atoms with Crippen molar-refractivity contribution < 1.29 is 23.8 Å². The van der Waals surface area contributed by atoms with Crippen LogP contribution in [0.1, 0.15) is 22.8 Å². The van der Waals surface area contributed by atoms with Crippen LogP contribution >= 0.6 is 0 Å². The summed E-state index contributed by atoms with van der Waals surface area (Å²) in [6.07, 6.45) is 5.51. The summed E-state index contributed by atoms with van der Waals surface area (Å²) in [4.78, 5) is 24.8. The molecule has 6 nitrogen and oxygen atoms in total. The lowest BCUT2D eigenvalue weighted by Crippen LogP contribution is -2.29. The predicted molar refractivity (Wildman–Crippen MR) is 125 cm³/mol. The van der Waals surface area contributed by atoms with Gasteiger partial charge in [0.15, 0.2) is 11.5 Å². The van der Waals surface area contributed by atoms with E-state index in [1.807, 2.05) is 60.7 Å². The zero-order valence-corrected chi connectivity index (χ0v) is 17.8. The van der Waals surface area contributed by atoms with Crippen LogP contribution in [0, 0.1) is 0 Å². The van der Waals surface area contributed by atoms with E-state index in [2.05, 4.69) is 5.32 Å². The van der Waals surface area contributed by atoms with E-state index < -0.39 is 12.1 Å². The van der Waals surface area contributed by atoms with E-state index in [9.17, 15) is 9.59 Å². The third-order valence-electron chi connectivity index (χ3n) is 4.93. The Labute approximate surface area is 192 Å². The van der Waals surface area contributed by atoms with Gasteiger partial charge in [0.1, 0.15) is 6.10 Å². The van der Waals surface area contributed by atoms with E-state index in [-0.39, 0.29) is 19.2 Å². The molecule has 1 atom stereocenters. The number of esters is 1. The maximum atomic E-state index is 12.5. The maximum Gasteiger partial charge on any atom is 0.331 e. The Morgan fingerprint density at radius 3 is 2.18 bits per heavy atom. The highest BCUT2D eigenvalue weighted by molar-refractivity contribution is 5.91. The van der Waals surface area contributed by atoms with Gasteiger partial charge < -0.3 is 19.5 Å². The van der Waals surface area contributed by atoms with E-state index >= 15 is 0 Å². The number of benzene rings is 3. The Morgan fingerprint density at radius 1 is 0.848 bits per heavy atom. The van der Waals surface area contributed by atoms with Gasteiger partial charge in [-0.1, -0.05) is 66.7 Å². The van der Waals surface area contributed by atoms with Crippen molar-refractivity contribution >= 4 is 24.0 Å². The average Bonchev–Trinajstić information content (AvgIpc) is 3.33. The normalized spacial score (nSPS) is 13.2. The fourth-order valence-electron chi connectivity index (χ4n) is 3.24. The second-order valence-electron chi connectivity index (χ2n) is 7.27. The van der Waals surface area contributed by atoms with E-state index in [4.69, 9.17) is 14.2 Å². The minimum atomic E-state index is -0.707. The van der Waals surface area contributed by atoms with Gasteiger partial charge in [0.25, 0.3) is 0 Å². The second-order valence-corrected chi connectivity index (χ2v) is 7.27. The Hall–Kier alpha value is -4.32. The fourth-order valence-corrected chi connectivity index (χ4v) is 3.24. The molecular weight excluding hydrogens is 418 g/mol. The molecular formula is C27H23NO5. The van der Waals surface area contributed by atoms with Crippen LogP contribution in [0.25, 0.3) is 12.2 Å². The van der Waals surface area contributed by atoms with Gasteiger partial charge in [0.05, 0.1) is 6.54 Å². The molecule has 1 unspecified atom stereocenters. The Bertz CT molecular complexity index is 1160. The van der Waals surface area contributed by atoms with Gasteiger partial charge in [-0.25, -0.2) is 4.79 Å². The first-order chi connectivity index (χ1) is 16.2. The van der Waals surface area contributed by atoms with Crippen LogP contribution in [0.4, 0.5) is 0 Å². The number of fused-ring (bicyclic) bond motifs is 1. The summed E-state index contributed by atoms with van der Waals surface area (Å²) < 4.78 is 16.5. The highest BCUT2D eigenvalue weighted by Gasteiger charge is 2.21. The zero-order chi connectivity index (χ0) is 22.9. The first-order valence-electron chi connectivity index (χ1n) is 10.5. The number of hydrogen-bond acceptors (Lipinski definition) is 5.